The van der Waals surface area contributed by atoms with Crippen LogP contribution in [0.2, 0.25) is 0 Å². The first kappa shape index (κ1) is 53.1. The van der Waals surface area contributed by atoms with Gasteiger partial charge in [-0.15, -0.1) is 0 Å². The van der Waals surface area contributed by atoms with Crippen LogP contribution < -0.4 is 0 Å². The molecule has 0 radical (unpaired) electrons. The Bertz CT molecular complexity index is 876. The molecule has 300 valence electrons. The number of ether oxygens (including phenoxy) is 4. The van der Waals surface area contributed by atoms with Gasteiger partial charge in [-0.25, -0.2) is 0 Å². The lowest BCUT2D eigenvalue weighted by atomic mass is 10.2. The zero-order valence-electron chi connectivity index (χ0n) is 31.1. The van der Waals surface area contributed by atoms with Crippen LogP contribution in [0.3, 0.4) is 0 Å². The molecule has 18 nitrogen and oxygen atoms in total. The minimum absolute atomic E-state index is 0.0104. The average molecular weight is 770 g/mol. The molecule has 2 aliphatic heterocycles. The molecular formula is C30H65N3O15P2. The molecule has 2 aliphatic rings. The molecule has 50 heavy (non-hydrogen) atoms. The molecule has 2 rings (SSSR count). The molecule has 0 bridgehead atoms. The van der Waals surface area contributed by atoms with Crippen LogP contribution in [0.5, 0.6) is 0 Å². The summed E-state index contributed by atoms with van der Waals surface area (Å²) in [5.41, 5.74) is 0. The van der Waals surface area contributed by atoms with E-state index in [9.17, 15) is 19.5 Å². The summed E-state index contributed by atoms with van der Waals surface area (Å²) in [7, 11) is 16.2. The van der Waals surface area contributed by atoms with Crippen molar-refractivity contribution in [1.29, 1.82) is 0 Å². The second-order valence-electron chi connectivity index (χ2n) is 12.3. The lowest BCUT2D eigenvalue weighted by Gasteiger charge is -2.20. The van der Waals surface area contributed by atoms with E-state index in [0.717, 1.165) is 13.0 Å². The van der Waals surface area contributed by atoms with Crippen molar-refractivity contribution in [2.24, 2.45) is 0 Å². The lowest BCUT2D eigenvalue weighted by molar-refractivity contribution is -0.152. The Hall–Kier alpha value is -1.21. The van der Waals surface area contributed by atoms with Crippen molar-refractivity contribution in [3.63, 3.8) is 0 Å². The van der Waals surface area contributed by atoms with Gasteiger partial charge in [0.25, 0.3) is 0 Å². The van der Waals surface area contributed by atoms with E-state index in [0.29, 0.717) is 19.6 Å². The Labute approximate surface area is 301 Å². The number of carbonyl (C=O) groups is 3. The van der Waals surface area contributed by atoms with E-state index >= 15 is 0 Å². The molecule has 0 aromatic heterocycles. The molecule has 0 aromatic rings. The third-order valence-electron chi connectivity index (χ3n) is 6.21. The fourth-order valence-corrected chi connectivity index (χ4v) is 3.76. The van der Waals surface area contributed by atoms with Crippen molar-refractivity contribution >= 4 is 36.8 Å². The molecule has 8 atom stereocenters. The Morgan fingerprint density at radius 3 is 1.86 bits per heavy atom. The molecule has 2 heterocycles. The van der Waals surface area contributed by atoms with Crippen LogP contribution in [-0.2, 0) is 42.4 Å². The molecule has 1 amide bonds. The number of amides is 1. The van der Waals surface area contributed by atoms with Gasteiger partial charge in [0.15, 0.2) is 5.79 Å². The van der Waals surface area contributed by atoms with Gasteiger partial charge in [0.1, 0.15) is 12.8 Å². The number of methoxy groups -OCH3 is 1. The summed E-state index contributed by atoms with van der Waals surface area (Å²) >= 11 is 0. The predicted molar refractivity (Wildman–Crippen MR) is 190 cm³/mol. The van der Waals surface area contributed by atoms with Crippen molar-refractivity contribution < 1.29 is 73.0 Å². The van der Waals surface area contributed by atoms with Gasteiger partial charge >= 0.3 is 11.9 Å². The summed E-state index contributed by atoms with van der Waals surface area (Å²) in [5.74, 6) is -1.30. The summed E-state index contributed by atoms with van der Waals surface area (Å²) in [6.45, 7) is 5.46. The van der Waals surface area contributed by atoms with Crippen LogP contribution in [0.25, 0.3) is 0 Å². The largest absolute Gasteiger partial charge is 0.469 e. The van der Waals surface area contributed by atoms with Crippen molar-refractivity contribution in [3.8, 4) is 0 Å². The maximum atomic E-state index is 10.8. The highest BCUT2D eigenvalue weighted by Gasteiger charge is 2.33. The zero-order valence-corrected chi connectivity index (χ0v) is 33.4. The summed E-state index contributed by atoms with van der Waals surface area (Å²) in [4.78, 5) is 36.7. The summed E-state index contributed by atoms with van der Waals surface area (Å²) in [6.07, 6.45) is -1.68. The van der Waals surface area contributed by atoms with Crippen molar-refractivity contribution in [3.05, 3.63) is 0 Å². The molecule has 0 saturated carbocycles. The van der Waals surface area contributed by atoms with Crippen LogP contribution in [0.4, 0.5) is 0 Å². The van der Waals surface area contributed by atoms with Gasteiger partial charge in [0.2, 0.25) is 5.91 Å². The number of nitrogens with zero attached hydrogens (tertiary/aromatic N) is 3. The Morgan fingerprint density at radius 1 is 0.960 bits per heavy atom. The highest BCUT2D eigenvalue weighted by Crippen LogP contribution is 2.24. The van der Waals surface area contributed by atoms with Crippen molar-refractivity contribution in [2.75, 3.05) is 89.0 Å². The van der Waals surface area contributed by atoms with E-state index in [1.807, 2.05) is 32.8 Å². The first-order valence-corrected chi connectivity index (χ1v) is 16.8. The van der Waals surface area contributed by atoms with Gasteiger partial charge in [-0.2, -0.15) is 0 Å². The monoisotopic (exact) mass is 769 g/mol. The minimum atomic E-state index is -0.921. The molecule has 3 unspecified atom stereocenters. The third kappa shape index (κ3) is 33.9. The highest BCUT2D eigenvalue weighted by molar-refractivity contribution is 7.10. The van der Waals surface area contributed by atoms with Gasteiger partial charge in [0, 0.05) is 46.0 Å². The fraction of sp³-hybridized carbons (Fsp3) is 0.900. The number of carbonyl (C=O) groups excluding carboxylic acids is 3. The van der Waals surface area contributed by atoms with E-state index in [4.69, 9.17) is 35.0 Å². The van der Waals surface area contributed by atoms with E-state index < -0.39 is 30.3 Å². The van der Waals surface area contributed by atoms with E-state index in [1.165, 1.54) is 12.0 Å². The van der Waals surface area contributed by atoms with Crippen LogP contribution in [-0.4, -0.2) is 195 Å². The zero-order chi connectivity index (χ0) is 39.4. The number of hydrogen-bond acceptors (Lipinski definition) is 17. The normalized spacial score (nSPS) is 19.9. The number of hydrogen-bond donors (Lipinski definition) is 6. The molecule has 0 aromatic carbocycles. The van der Waals surface area contributed by atoms with E-state index in [1.54, 1.807) is 33.1 Å². The molecule has 20 heteroatoms. The van der Waals surface area contributed by atoms with E-state index in [2.05, 4.69) is 37.5 Å². The molecule has 0 spiro atoms. The third-order valence-corrected chi connectivity index (χ3v) is 6.60. The van der Waals surface area contributed by atoms with Crippen LogP contribution in [0, 0.1) is 0 Å². The van der Waals surface area contributed by atoms with Crippen LogP contribution in [0.15, 0.2) is 0 Å². The van der Waals surface area contributed by atoms with E-state index in [-0.39, 0.29) is 69.1 Å². The second-order valence-corrected chi connectivity index (χ2v) is 13.0. The van der Waals surface area contributed by atoms with Gasteiger partial charge in [0.05, 0.1) is 83.3 Å². The molecular weight excluding hydrogens is 704 g/mol. The summed E-state index contributed by atoms with van der Waals surface area (Å²) in [5, 5.41) is 53.2. The Kier molecular flexibility index (Phi) is 33.3. The lowest BCUT2D eigenvalue weighted by Crippen LogP contribution is -2.32. The predicted octanol–water partition coefficient (Wildman–Crippen LogP) is -1.66. The first-order chi connectivity index (χ1) is 23.1. The fourth-order valence-electron chi connectivity index (χ4n) is 3.32. The summed E-state index contributed by atoms with van der Waals surface area (Å²) < 4.78 is 28.9. The van der Waals surface area contributed by atoms with Crippen LogP contribution >= 0.6 is 18.9 Å². The number of esters is 2. The number of cyclic esters (lactones) is 1. The number of aliphatic hydroxyl groups is 6. The molecule has 2 saturated heterocycles. The van der Waals surface area contributed by atoms with Crippen LogP contribution in [0.1, 0.15) is 46.0 Å². The molecule has 6 N–H and O–H groups in total. The SMILES string of the molecule is CN(C)C(=O)C[C@H](O)CO.CN(C)C(O)C[C@H](O)COP.CN(C)CC[C@H](O)COP.COC(=O)C[C@H]1COC(C)(C)O1.O=C1C[C@H](O)CO1. The van der Waals surface area contributed by atoms with Gasteiger partial charge in [-0.05, 0) is 48.5 Å². The van der Waals surface area contributed by atoms with Gasteiger partial charge in [-0.1, -0.05) is 0 Å². The van der Waals surface area contributed by atoms with Gasteiger partial charge < -0.3 is 68.4 Å². The highest BCUT2D eigenvalue weighted by atomic mass is 31.0. The maximum absolute atomic E-state index is 10.8. The standard InChI is InChI=1S/C8H14O4.C6H16NO3P.C6H13NO3.C6H16NO2P.C4H6O3/c1-8(2)11-5-6(12-8)4-7(9)10-3;1-7(2)6(9)3-5(8)4-10-11;1-7(2)6(10)3-5(9)4-8;1-7(2)4-3-6(8)5-9-10;5-3-1-4(6)7-2-3/h6H,4-5H2,1-3H3;5-6,8-9H,3-4,11H2,1-2H3;5,8-9H,3-4H2,1-2H3;6,8H,3-5,10H2,1-2H3;3,5H,1-2H2/t6-;5-,6?;5-;6-;3-/m00000/s1. The molecule has 2 fully saturated rings. The number of aliphatic hydroxyl groups excluding tert-OH is 6. The number of rotatable bonds is 15. The first-order valence-electron chi connectivity index (χ1n) is 15.8. The summed E-state index contributed by atoms with van der Waals surface area (Å²) in [6, 6.07) is 0. The Balaban J connectivity index is -0.000000557. The van der Waals surface area contributed by atoms with Crippen molar-refractivity contribution in [2.45, 2.75) is 88.5 Å². The van der Waals surface area contributed by atoms with Crippen molar-refractivity contribution in [1.82, 2.24) is 14.7 Å². The maximum Gasteiger partial charge on any atom is 0.308 e. The average Bonchev–Trinajstić information content (AvgIpc) is 3.58. The smallest absolute Gasteiger partial charge is 0.308 e. The quantitative estimate of drug-likeness (QED) is 0.0621. The van der Waals surface area contributed by atoms with Gasteiger partial charge in [-0.3, -0.25) is 19.3 Å². The molecule has 0 aliphatic carbocycles. The Morgan fingerprint density at radius 2 is 1.52 bits per heavy atom. The topological polar surface area (TPSA) is 238 Å². The second kappa shape index (κ2) is 31.3. The minimum Gasteiger partial charge on any atom is -0.469 e.